The van der Waals surface area contributed by atoms with E-state index in [4.69, 9.17) is 32.2 Å². The highest BCUT2D eigenvalue weighted by molar-refractivity contribution is 6.32. The van der Waals surface area contributed by atoms with Gasteiger partial charge >= 0.3 is 5.97 Å². The monoisotopic (exact) mass is 486 g/mol. The Balaban J connectivity index is 2.25. The van der Waals surface area contributed by atoms with Gasteiger partial charge in [0, 0.05) is 11.1 Å². The van der Waals surface area contributed by atoms with Gasteiger partial charge in [0.05, 0.1) is 12.1 Å². The molecule has 0 fully saturated rings. The largest absolute Gasteiger partial charge is 0.487 e. The number of allylic oxidation sites excluding steroid dienone is 2. The van der Waals surface area contributed by atoms with Crippen molar-refractivity contribution in [1.29, 1.82) is 0 Å². The van der Waals surface area contributed by atoms with Crippen LogP contribution in [0.25, 0.3) is 11.3 Å². The van der Waals surface area contributed by atoms with E-state index in [9.17, 15) is 4.79 Å². The number of ether oxygens (including phenoxy) is 3. The van der Waals surface area contributed by atoms with E-state index in [0.717, 1.165) is 17.6 Å². The molecule has 0 saturated heterocycles. The fourth-order valence-corrected chi connectivity index (χ4v) is 3.78. The lowest BCUT2D eigenvalue weighted by Gasteiger charge is -2.21. The first-order valence-electron chi connectivity index (χ1n) is 11.2. The van der Waals surface area contributed by atoms with E-state index >= 15 is 0 Å². The molecular weight excluding hydrogens is 460 g/mol. The van der Waals surface area contributed by atoms with E-state index in [2.05, 4.69) is 12.0 Å². The zero-order chi connectivity index (χ0) is 25.2. The van der Waals surface area contributed by atoms with E-state index < -0.39 is 5.97 Å². The summed E-state index contributed by atoms with van der Waals surface area (Å²) in [7, 11) is 1.28. The molecule has 4 nitrogen and oxygen atoms in total. The summed E-state index contributed by atoms with van der Waals surface area (Å²) >= 11 is 6.64. The molecule has 0 bridgehead atoms. The molecule has 3 aromatic rings. The Labute approximate surface area is 211 Å². The maximum Gasteiger partial charge on any atom is 0.350 e. The van der Waals surface area contributed by atoms with Crippen LogP contribution in [0, 0.1) is 12.3 Å². The molecule has 0 aliphatic rings. The van der Waals surface area contributed by atoms with Crippen molar-refractivity contribution in [2.45, 2.75) is 26.9 Å². The number of carbonyl (C=O) groups excluding carboxylic acids is 1. The van der Waals surface area contributed by atoms with Gasteiger partial charge in [0.1, 0.15) is 12.4 Å². The van der Waals surface area contributed by atoms with Crippen LogP contribution in [-0.2, 0) is 20.9 Å². The van der Waals surface area contributed by atoms with Crippen molar-refractivity contribution < 1.29 is 19.0 Å². The minimum absolute atomic E-state index is 0.0260. The molecule has 0 aromatic heterocycles. The third-order valence-corrected chi connectivity index (χ3v) is 5.51. The van der Waals surface area contributed by atoms with E-state index in [1.807, 2.05) is 74.5 Å². The van der Waals surface area contributed by atoms with Crippen LogP contribution in [0.5, 0.6) is 11.5 Å². The second-order valence-electron chi connectivity index (χ2n) is 7.62. The number of carbonyl (C=O) groups is 1. The molecule has 0 aliphatic heterocycles. The van der Waals surface area contributed by atoms with Gasteiger partial charge in [-0.15, -0.1) is 6.42 Å². The Bertz CT molecular complexity index is 1270. The Kier molecular flexibility index (Phi) is 9.17. The Hall–Kier alpha value is -3.94. The molecule has 0 atom stereocenters. The molecule has 0 N–H and O–H groups in total. The average molecular weight is 487 g/mol. The molecule has 3 rings (SSSR count). The van der Waals surface area contributed by atoms with Crippen LogP contribution < -0.4 is 4.74 Å². The lowest BCUT2D eigenvalue weighted by atomic mass is 9.95. The topological polar surface area (TPSA) is 44.8 Å². The van der Waals surface area contributed by atoms with Crippen LogP contribution in [0.3, 0.4) is 0 Å². The number of benzene rings is 3. The van der Waals surface area contributed by atoms with Gasteiger partial charge in [0.2, 0.25) is 0 Å². The van der Waals surface area contributed by atoms with Crippen molar-refractivity contribution in [3.63, 3.8) is 0 Å². The highest BCUT2D eigenvalue weighted by Gasteiger charge is 2.25. The SMILES string of the molecule is C#C/C(C(=O)OC)=C(/OCc1ccccc1)c1ccc(Cl)c(Oc2ccccc2)c1/C(C)=C\CC. The first-order chi connectivity index (χ1) is 17.0. The van der Waals surface area contributed by atoms with Crippen molar-refractivity contribution in [2.75, 3.05) is 7.11 Å². The van der Waals surface area contributed by atoms with Gasteiger partial charge in [-0.05, 0) is 48.7 Å². The van der Waals surface area contributed by atoms with Crippen LogP contribution in [-0.4, -0.2) is 13.1 Å². The molecule has 0 unspecified atom stereocenters. The predicted molar refractivity (Wildman–Crippen MR) is 141 cm³/mol. The van der Waals surface area contributed by atoms with Crippen LogP contribution in [0.15, 0.2) is 84.4 Å². The molecule has 0 amide bonds. The van der Waals surface area contributed by atoms with Gasteiger partial charge in [-0.25, -0.2) is 4.79 Å². The second-order valence-corrected chi connectivity index (χ2v) is 8.03. The van der Waals surface area contributed by atoms with E-state index in [1.54, 1.807) is 12.1 Å². The lowest BCUT2D eigenvalue weighted by Crippen LogP contribution is -2.10. The van der Waals surface area contributed by atoms with E-state index in [1.165, 1.54) is 7.11 Å². The smallest absolute Gasteiger partial charge is 0.350 e. The number of hydrogen-bond donors (Lipinski definition) is 0. The fourth-order valence-electron chi connectivity index (χ4n) is 3.59. The van der Waals surface area contributed by atoms with Crippen molar-refractivity contribution in [3.8, 4) is 23.8 Å². The summed E-state index contributed by atoms with van der Waals surface area (Å²) in [6, 6.07) is 22.4. The Morgan fingerprint density at radius 2 is 1.69 bits per heavy atom. The highest BCUT2D eigenvalue weighted by Crippen LogP contribution is 2.42. The average Bonchev–Trinajstić information content (AvgIpc) is 2.88. The van der Waals surface area contributed by atoms with Gasteiger partial charge in [-0.3, -0.25) is 0 Å². The Morgan fingerprint density at radius 1 is 1.03 bits per heavy atom. The molecule has 0 radical (unpaired) electrons. The number of hydrogen-bond acceptors (Lipinski definition) is 4. The Morgan fingerprint density at radius 3 is 2.29 bits per heavy atom. The number of para-hydroxylation sites is 1. The number of esters is 1. The summed E-state index contributed by atoms with van der Waals surface area (Å²) in [5.41, 5.74) is 3.06. The predicted octanol–water partition coefficient (Wildman–Crippen LogP) is 7.68. The molecular formula is C30H27ClO4. The third-order valence-electron chi connectivity index (χ3n) is 5.21. The summed E-state index contributed by atoms with van der Waals surface area (Å²) in [4.78, 5) is 12.6. The van der Waals surface area contributed by atoms with Gasteiger partial charge in [0.25, 0.3) is 0 Å². The normalized spacial score (nSPS) is 11.8. The summed E-state index contributed by atoms with van der Waals surface area (Å²) in [6.07, 6.45) is 8.61. The number of methoxy groups -OCH3 is 1. The van der Waals surface area contributed by atoms with E-state index in [-0.39, 0.29) is 17.9 Å². The standard InChI is InChI=1S/C30H27ClO4/c1-5-13-21(3)27-25(18-19-26(31)29(27)35-23-16-11-8-12-17-23)28(24(6-2)30(32)33-4)34-20-22-14-9-7-10-15-22/h2,7-19H,5,20H2,1,3-4H3/b21-13-,28-24-. The highest BCUT2D eigenvalue weighted by atomic mass is 35.5. The molecule has 3 aromatic carbocycles. The second kappa shape index (κ2) is 12.5. The molecule has 5 heteroatoms. The summed E-state index contributed by atoms with van der Waals surface area (Å²) in [5.74, 6) is 3.08. The zero-order valence-electron chi connectivity index (χ0n) is 20.0. The maximum atomic E-state index is 12.6. The molecule has 178 valence electrons. The number of rotatable bonds is 9. The molecule has 0 aliphatic carbocycles. The number of halogens is 1. The molecule has 0 heterocycles. The molecule has 0 spiro atoms. The first kappa shape index (κ1) is 25.7. The lowest BCUT2D eigenvalue weighted by molar-refractivity contribution is -0.135. The van der Waals surface area contributed by atoms with Gasteiger partial charge in [-0.2, -0.15) is 0 Å². The minimum Gasteiger partial charge on any atom is -0.487 e. The van der Waals surface area contributed by atoms with Crippen LogP contribution in [0.4, 0.5) is 0 Å². The van der Waals surface area contributed by atoms with Crippen molar-refractivity contribution in [2.24, 2.45) is 0 Å². The zero-order valence-corrected chi connectivity index (χ0v) is 20.8. The maximum absolute atomic E-state index is 12.6. The van der Waals surface area contributed by atoms with Crippen molar-refractivity contribution in [3.05, 3.63) is 106 Å². The van der Waals surface area contributed by atoms with Crippen molar-refractivity contribution >= 4 is 28.9 Å². The quantitative estimate of drug-likeness (QED) is 0.135. The molecule has 35 heavy (non-hydrogen) atoms. The van der Waals surface area contributed by atoms with Crippen molar-refractivity contribution in [1.82, 2.24) is 0 Å². The summed E-state index contributed by atoms with van der Waals surface area (Å²) < 4.78 is 17.4. The van der Waals surface area contributed by atoms with E-state index in [0.29, 0.717) is 27.6 Å². The van der Waals surface area contributed by atoms with Crippen LogP contribution in [0.2, 0.25) is 5.02 Å². The minimum atomic E-state index is -0.667. The summed E-state index contributed by atoms with van der Waals surface area (Å²) in [6.45, 7) is 4.19. The first-order valence-corrected chi connectivity index (χ1v) is 11.6. The molecule has 0 saturated carbocycles. The van der Waals surface area contributed by atoms with Gasteiger partial charge in [0.15, 0.2) is 17.1 Å². The van der Waals surface area contributed by atoms with Gasteiger partial charge in [-0.1, -0.05) is 79.1 Å². The van der Waals surface area contributed by atoms with Crippen LogP contribution >= 0.6 is 11.6 Å². The fraction of sp³-hybridized carbons (Fsp3) is 0.167. The van der Waals surface area contributed by atoms with Gasteiger partial charge < -0.3 is 14.2 Å². The number of terminal acetylenes is 1. The third kappa shape index (κ3) is 6.35. The van der Waals surface area contributed by atoms with Crippen LogP contribution in [0.1, 0.15) is 37.0 Å². The summed E-state index contributed by atoms with van der Waals surface area (Å²) in [5, 5.41) is 0.416.